The van der Waals surface area contributed by atoms with Crippen LogP contribution in [0.3, 0.4) is 0 Å². The van der Waals surface area contributed by atoms with Gasteiger partial charge in [-0.05, 0) is 43.0 Å². The fourth-order valence-corrected chi connectivity index (χ4v) is 2.81. The second-order valence-electron chi connectivity index (χ2n) is 5.74. The Kier molecular flexibility index (Phi) is 3.79. The molecule has 0 radical (unpaired) electrons. The molecule has 1 saturated heterocycles. The van der Waals surface area contributed by atoms with Crippen molar-refractivity contribution in [3.63, 3.8) is 0 Å². The molecule has 1 fully saturated rings. The first kappa shape index (κ1) is 12.5. The van der Waals surface area contributed by atoms with Gasteiger partial charge in [-0.3, -0.25) is 9.88 Å². The minimum Gasteiger partial charge on any atom is -0.330 e. The molecule has 0 aromatic carbocycles. The largest absolute Gasteiger partial charge is 0.330 e. The maximum absolute atomic E-state index is 5.85. The van der Waals surface area contributed by atoms with Gasteiger partial charge < -0.3 is 5.73 Å². The molecule has 1 aromatic rings. The molecule has 0 bridgehead atoms. The number of hydrogen-bond acceptors (Lipinski definition) is 3. The summed E-state index contributed by atoms with van der Waals surface area (Å²) in [5, 5.41) is 0. The van der Waals surface area contributed by atoms with Crippen molar-refractivity contribution < 1.29 is 0 Å². The van der Waals surface area contributed by atoms with Crippen LogP contribution in [0.1, 0.15) is 26.0 Å². The molecule has 1 aromatic heterocycles. The molecule has 1 atom stereocenters. The summed E-state index contributed by atoms with van der Waals surface area (Å²) in [6.45, 7) is 8.68. The van der Waals surface area contributed by atoms with E-state index in [4.69, 9.17) is 5.73 Å². The lowest BCUT2D eigenvalue weighted by Crippen LogP contribution is -2.47. The number of piperidine rings is 1. The number of hydrogen-bond donors (Lipinski definition) is 1. The number of likely N-dealkylation sites (tertiary alicyclic amines) is 1. The van der Waals surface area contributed by atoms with Crippen molar-refractivity contribution in [2.45, 2.75) is 26.8 Å². The SMILES string of the molecule is CC1(C)CN(Cc2ccccn2)CCC1CN. The molecule has 3 nitrogen and oxygen atoms in total. The molecule has 0 saturated carbocycles. The van der Waals surface area contributed by atoms with Gasteiger partial charge in [0.1, 0.15) is 0 Å². The standard InChI is InChI=1S/C14H23N3/c1-14(2)11-17(8-6-12(14)9-15)10-13-5-3-4-7-16-13/h3-5,7,12H,6,8-11,15H2,1-2H3. The number of aromatic nitrogens is 1. The van der Waals surface area contributed by atoms with Gasteiger partial charge >= 0.3 is 0 Å². The highest BCUT2D eigenvalue weighted by Gasteiger charge is 2.34. The zero-order valence-electron chi connectivity index (χ0n) is 10.9. The molecule has 1 unspecified atom stereocenters. The first-order valence-electron chi connectivity index (χ1n) is 6.44. The lowest BCUT2D eigenvalue weighted by atomic mass is 9.74. The van der Waals surface area contributed by atoms with Crippen LogP contribution in [0, 0.1) is 11.3 Å². The summed E-state index contributed by atoms with van der Waals surface area (Å²) in [4.78, 5) is 6.89. The molecule has 1 aliphatic rings. The number of pyridine rings is 1. The van der Waals surface area contributed by atoms with Crippen molar-refractivity contribution in [2.24, 2.45) is 17.1 Å². The molecule has 2 rings (SSSR count). The van der Waals surface area contributed by atoms with Crippen LogP contribution in [0.15, 0.2) is 24.4 Å². The minimum atomic E-state index is 0.321. The summed E-state index contributed by atoms with van der Waals surface area (Å²) in [6, 6.07) is 6.12. The van der Waals surface area contributed by atoms with E-state index in [0.29, 0.717) is 11.3 Å². The van der Waals surface area contributed by atoms with Crippen LogP contribution in [0.5, 0.6) is 0 Å². The van der Waals surface area contributed by atoms with Gasteiger partial charge in [-0.2, -0.15) is 0 Å². The molecule has 17 heavy (non-hydrogen) atoms. The molecule has 2 N–H and O–H groups in total. The van der Waals surface area contributed by atoms with Crippen LogP contribution in [-0.4, -0.2) is 29.5 Å². The Morgan fingerprint density at radius 2 is 2.29 bits per heavy atom. The summed E-state index contributed by atoms with van der Waals surface area (Å²) in [5.41, 5.74) is 7.33. The third kappa shape index (κ3) is 3.05. The van der Waals surface area contributed by atoms with Crippen LogP contribution in [0.25, 0.3) is 0 Å². The zero-order chi connectivity index (χ0) is 12.3. The van der Waals surface area contributed by atoms with Crippen molar-refractivity contribution in [3.05, 3.63) is 30.1 Å². The van der Waals surface area contributed by atoms with Crippen molar-refractivity contribution in [1.29, 1.82) is 0 Å². The number of rotatable bonds is 3. The molecule has 1 aliphatic heterocycles. The second kappa shape index (κ2) is 5.15. The minimum absolute atomic E-state index is 0.321. The normalized spacial score (nSPS) is 24.8. The van der Waals surface area contributed by atoms with E-state index in [1.807, 2.05) is 12.3 Å². The quantitative estimate of drug-likeness (QED) is 0.867. The van der Waals surface area contributed by atoms with Gasteiger partial charge in [-0.25, -0.2) is 0 Å². The number of nitrogens with zero attached hydrogens (tertiary/aromatic N) is 2. The Hall–Kier alpha value is -0.930. The van der Waals surface area contributed by atoms with Gasteiger partial charge in [0.05, 0.1) is 5.69 Å². The van der Waals surface area contributed by atoms with E-state index >= 15 is 0 Å². The Morgan fingerprint density at radius 1 is 1.47 bits per heavy atom. The van der Waals surface area contributed by atoms with E-state index in [9.17, 15) is 0 Å². The summed E-state index contributed by atoms with van der Waals surface area (Å²) in [7, 11) is 0. The predicted molar refractivity (Wildman–Crippen MR) is 70.5 cm³/mol. The Morgan fingerprint density at radius 3 is 2.88 bits per heavy atom. The van der Waals surface area contributed by atoms with Crippen molar-refractivity contribution in [3.8, 4) is 0 Å². The summed E-state index contributed by atoms with van der Waals surface area (Å²) in [6.07, 6.45) is 3.07. The van der Waals surface area contributed by atoms with E-state index in [-0.39, 0.29) is 0 Å². The molecular formula is C14H23N3. The van der Waals surface area contributed by atoms with E-state index < -0.39 is 0 Å². The van der Waals surface area contributed by atoms with Crippen molar-refractivity contribution in [1.82, 2.24) is 9.88 Å². The van der Waals surface area contributed by atoms with Gasteiger partial charge in [0, 0.05) is 19.3 Å². The first-order valence-corrected chi connectivity index (χ1v) is 6.44. The van der Waals surface area contributed by atoms with Crippen LogP contribution < -0.4 is 5.73 Å². The molecule has 3 heteroatoms. The zero-order valence-corrected chi connectivity index (χ0v) is 10.9. The molecule has 0 amide bonds. The van der Waals surface area contributed by atoms with Gasteiger partial charge in [0.2, 0.25) is 0 Å². The third-order valence-corrected chi connectivity index (χ3v) is 3.93. The van der Waals surface area contributed by atoms with Crippen LogP contribution in [0.2, 0.25) is 0 Å². The van der Waals surface area contributed by atoms with Crippen molar-refractivity contribution in [2.75, 3.05) is 19.6 Å². The fourth-order valence-electron chi connectivity index (χ4n) is 2.81. The first-order chi connectivity index (χ1) is 8.12. The Balaban J connectivity index is 1.97. The second-order valence-corrected chi connectivity index (χ2v) is 5.74. The van der Waals surface area contributed by atoms with E-state index in [0.717, 1.165) is 31.9 Å². The van der Waals surface area contributed by atoms with E-state index in [1.165, 1.54) is 6.42 Å². The van der Waals surface area contributed by atoms with Crippen molar-refractivity contribution >= 4 is 0 Å². The average molecular weight is 233 g/mol. The summed E-state index contributed by atoms with van der Waals surface area (Å²) >= 11 is 0. The lowest BCUT2D eigenvalue weighted by molar-refractivity contribution is 0.0541. The molecule has 0 spiro atoms. The fraction of sp³-hybridized carbons (Fsp3) is 0.643. The van der Waals surface area contributed by atoms with E-state index in [2.05, 4.69) is 35.9 Å². The highest BCUT2D eigenvalue weighted by atomic mass is 15.1. The molecule has 2 heterocycles. The highest BCUT2D eigenvalue weighted by Crippen LogP contribution is 2.34. The maximum atomic E-state index is 5.85. The summed E-state index contributed by atoms with van der Waals surface area (Å²) in [5.74, 6) is 0.655. The lowest BCUT2D eigenvalue weighted by Gasteiger charge is -2.44. The Bertz CT molecular complexity index is 348. The monoisotopic (exact) mass is 233 g/mol. The van der Waals surface area contributed by atoms with Crippen LogP contribution >= 0.6 is 0 Å². The Labute approximate surface area is 104 Å². The van der Waals surface area contributed by atoms with Gasteiger partial charge in [0.15, 0.2) is 0 Å². The predicted octanol–water partition coefficient (Wildman–Crippen LogP) is 1.89. The topological polar surface area (TPSA) is 42.2 Å². The molecule has 0 aliphatic carbocycles. The maximum Gasteiger partial charge on any atom is 0.0543 e. The third-order valence-electron chi connectivity index (χ3n) is 3.93. The van der Waals surface area contributed by atoms with Gasteiger partial charge in [-0.1, -0.05) is 19.9 Å². The number of nitrogens with two attached hydrogens (primary N) is 1. The van der Waals surface area contributed by atoms with Gasteiger partial charge in [0.25, 0.3) is 0 Å². The summed E-state index contributed by atoms with van der Waals surface area (Å²) < 4.78 is 0. The average Bonchev–Trinajstić information content (AvgIpc) is 2.29. The van der Waals surface area contributed by atoms with Crippen LogP contribution in [0.4, 0.5) is 0 Å². The van der Waals surface area contributed by atoms with Gasteiger partial charge in [-0.15, -0.1) is 0 Å². The molecule has 94 valence electrons. The van der Waals surface area contributed by atoms with E-state index in [1.54, 1.807) is 0 Å². The molecular weight excluding hydrogens is 210 g/mol. The highest BCUT2D eigenvalue weighted by molar-refractivity contribution is 5.04. The smallest absolute Gasteiger partial charge is 0.0543 e. The van der Waals surface area contributed by atoms with Crippen LogP contribution in [-0.2, 0) is 6.54 Å².